The van der Waals surface area contributed by atoms with Gasteiger partial charge in [-0.1, -0.05) is 54.2 Å². The number of hydrogen-bond acceptors (Lipinski definition) is 5. The largest absolute Gasteiger partial charge is 0.480 e. The van der Waals surface area contributed by atoms with Crippen molar-refractivity contribution in [2.75, 3.05) is 12.3 Å². The highest BCUT2D eigenvalue weighted by Crippen LogP contribution is 2.45. The molecule has 1 aromatic heterocycles. The molecule has 1 aliphatic carbocycles. The van der Waals surface area contributed by atoms with Crippen LogP contribution in [-0.4, -0.2) is 41.3 Å². The summed E-state index contributed by atoms with van der Waals surface area (Å²) >= 11 is 1.44. The smallest absolute Gasteiger partial charge is 0.323 e. The zero-order valence-corrected chi connectivity index (χ0v) is 18.6. The van der Waals surface area contributed by atoms with Gasteiger partial charge in [0.25, 0.3) is 0 Å². The van der Waals surface area contributed by atoms with Crippen LogP contribution in [0.15, 0.2) is 59.8 Å². The number of nitrogens with one attached hydrogen (secondary N) is 1. The van der Waals surface area contributed by atoms with Gasteiger partial charge in [-0.15, -0.1) is 0 Å². The minimum absolute atomic E-state index is 0.157. The zero-order chi connectivity index (χ0) is 21.8. The Morgan fingerprint density at radius 2 is 1.87 bits per heavy atom. The Bertz CT molecular complexity index is 1160. The first-order valence-corrected chi connectivity index (χ1v) is 12.8. The predicted octanol–water partition coefficient (Wildman–Crippen LogP) is 3.67. The number of carboxylic acid groups (broad SMARTS) is 1. The van der Waals surface area contributed by atoms with Crippen LogP contribution in [0.25, 0.3) is 11.0 Å². The van der Waals surface area contributed by atoms with Crippen LogP contribution >= 0.6 is 11.8 Å². The second-order valence-corrected chi connectivity index (χ2v) is 10.6. The number of para-hydroxylation sites is 2. The molecule has 0 spiro atoms. The second kappa shape index (κ2) is 9.42. The Morgan fingerprint density at radius 1 is 1.16 bits per heavy atom. The van der Waals surface area contributed by atoms with Crippen molar-refractivity contribution in [3.63, 3.8) is 0 Å². The fourth-order valence-electron chi connectivity index (χ4n) is 3.74. The van der Waals surface area contributed by atoms with Crippen LogP contribution in [0.3, 0.4) is 0 Å². The van der Waals surface area contributed by atoms with Gasteiger partial charge in [-0.3, -0.25) is 4.79 Å². The maximum absolute atomic E-state index is 12.9. The summed E-state index contributed by atoms with van der Waals surface area (Å²) in [6, 6.07) is 16.8. The first-order chi connectivity index (χ1) is 15.0. The molecule has 1 fully saturated rings. The van der Waals surface area contributed by atoms with Gasteiger partial charge >= 0.3 is 5.97 Å². The molecule has 164 valence electrons. The lowest BCUT2D eigenvalue weighted by Crippen LogP contribution is -2.31. The van der Waals surface area contributed by atoms with E-state index in [0.717, 1.165) is 29.4 Å². The van der Waals surface area contributed by atoms with Crippen molar-refractivity contribution in [2.24, 2.45) is 5.92 Å². The number of benzene rings is 2. The number of aromatic nitrogens is 2. The van der Waals surface area contributed by atoms with E-state index in [0.29, 0.717) is 23.9 Å². The maximum atomic E-state index is 12.9. The lowest BCUT2D eigenvalue weighted by atomic mass is 10.1. The van der Waals surface area contributed by atoms with E-state index in [4.69, 9.17) is 0 Å². The number of thioether (sulfide) groups is 1. The summed E-state index contributed by atoms with van der Waals surface area (Å²) in [5.41, 5.74) is 2.37. The summed E-state index contributed by atoms with van der Waals surface area (Å²) in [6.07, 6.45) is 2.50. The second-order valence-electron chi connectivity index (χ2n) is 7.67. The molecule has 31 heavy (non-hydrogen) atoms. The Balaban J connectivity index is 1.35. The van der Waals surface area contributed by atoms with Gasteiger partial charge in [0.05, 0.1) is 11.0 Å². The van der Waals surface area contributed by atoms with E-state index >= 15 is 0 Å². The summed E-state index contributed by atoms with van der Waals surface area (Å²) in [6.45, 7) is 0.181. The fraction of sp³-hybridized carbons (Fsp3) is 0.364. The van der Waals surface area contributed by atoms with E-state index in [9.17, 15) is 18.3 Å². The Labute approximate surface area is 185 Å². The molecule has 1 atom stereocenters. The van der Waals surface area contributed by atoms with Gasteiger partial charge < -0.3 is 9.67 Å². The molecule has 0 aliphatic heterocycles. The SMILES string of the molecule is O=C(O)Cn1c(SCCCNS(=O)(=O)C(c2ccccc2)C2CC2)nc2ccccc21. The monoisotopic (exact) mass is 459 g/mol. The molecule has 7 nitrogen and oxygen atoms in total. The molecule has 2 N–H and O–H groups in total. The number of aliphatic carboxylic acids is 1. The van der Waals surface area contributed by atoms with Crippen molar-refractivity contribution in [3.05, 3.63) is 60.2 Å². The first-order valence-electron chi connectivity index (χ1n) is 10.3. The number of nitrogens with zero attached hydrogens (tertiary/aromatic N) is 2. The van der Waals surface area contributed by atoms with E-state index in [-0.39, 0.29) is 12.5 Å². The van der Waals surface area contributed by atoms with E-state index < -0.39 is 21.2 Å². The highest BCUT2D eigenvalue weighted by Gasteiger charge is 2.40. The van der Waals surface area contributed by atoms with Crippen LogP contribution in [0.4, 0.5) is 0 Å². The number of imidazole rings is 1. The molecule has 1 unspecified atom stereocenters. The quantitative estimate of drug-likeness (QED) is 0.335. The third-order valence-electron chi connectivity index (χ3n) is 5.28. The van der Waals surface area contributed by atoms with E-state index in [1.807, 2.05) is 54.6 Å². The van der Waals surface area contributed by atoms with Crippen molar-refractivity contribution in [2.45, 2.75) is 36.2 Å². The lowest BCUT2D eigenvalue weighted by Gasteiger charge is -2.18. The molecular formula is C22H25N3O4S2. The van der Waals surface area contributed by atoms with Gasteiger partial charge in [0, 0.05) is 12.3 Å². The summed E-state index contributed by atoms with van der Waals surface area (Å²) in [4.78, 5) is 15.8. The molecule has 3 aromatic rings. The fourth-order valence-corrected chi connectivity index (χ4v) is 6.59. The van der Waals surface area contributed by atoms with Gasteiger partial charge in [-0.05, 0) is 42.9 Å². The predicted molar refractivity (Wildman–Crippen MR) is 122 cm³/mol. The number of sulfonamides is 1. The number of rotatable bonds is 11. The molecule has 1 saturated carbocycles. The minimum Gasteiger partial charge on any atom is -0.480 e. The van der Waals surface area contributed by atoms with Crippen molar-refractivity contribution in [3.8, 4) is 0 Å². The third kappa shape index (κ3) is 5.28. The molecule has 4 rings (SSSR count). The number of carbonyl (C=O) groups is 1. The molecule has 9 heteroatoms. The van der Waals surface area contributed by atoms with Crippen molar-refractivity contribution in [1.29, 1.82) is 0 Å². The molecule has 2 aromatic carbocycles. The van der Waals surface area contributed by atoms with Crippen LogP contribution in [-0.2, 0) is 21.4 Å². The maximum Gasteiger partial charge on any atom is 0.323 e. The van der Waals surface area contributed by atoms with Crippen molar-refractivity contribution < 1.29 is 18.3 Å². The average molecular weight is 460 g/mol. The van der Waals surface area contributed by atoms with Crippen molar-refractivity contribution >= 4 is 38.8 Å². The first kappa shape index (κ1) is 21.9. The third-order valence-corrected chi connectivity index (χ3v) is 8.28. The molecular weight excluding hydrogens is 434 g/mol. The summed E-state index contributed by atoms with van der Waals surface area (Å²) in [7, 11) is -3.46. The molecule has 1 heterocycles. The highest BCUT2D eigenvalue weighted by molar-refractivity contribution is 7.99. The molecule has 0 radical (unpaired) electrons. The minimum atomic E-state index is -3.46. The van der Waals surface area contributed by atoms with Crippen LogP contribution in [0.1, 0.15) is 30.1 Å². The molecule has 1 aliphatic rings. The van der Waals surface area contributed by atoms with Gasteiger partial charge in [0.15, 0.2) is 5.16 Å². The summed E-state index contributed by atoms with van der Waals surface area (Å²) in [5, 5.41) is 9.36. The van der Waals surface area contributed by atoms with Crippen LogP contribution in [0.5, 0.6) is 0 Å². The number of carboxylic acids is 1. The van der Waals surface area contributed by atoms with Crippen LogP contribution in [0.2, 0.25) is 0 Å². The Kier molecular flexibility index (Phi) is 6.64. The van der Waals surface area contributed by atoms with Crippen molar-refractivity contribution in [1.82, 2.24) is 14.3 Å². The van der Waals surface area contributed by atoms with Gasteiger partial charge in [-0.25, -0.2) is 18.1 Å². The average Bonchev–Trinajstić information content (AvgIpc) is 3.51. The highest BCUT2D eigenvalue weighted by atomic mass is 32.2. The summed E-state index contributed by atoms with van der Waals surface area (Å²) < 4.78 is 30.3. The molecule has 0 bridgehead atoms. The summed E-state index contributed by atoms with van der Waals surface area (Å²) in [5.74, 6) is -0.111. The molecule has 0 amide bonds. The topological polar surface area (TPSA) is 101 Å². The van der Waals surface area contributed by atoms with E-state index in [1.165, 1.54) is 11.8 Å². The van der Waals surface area contributed by atoms with Gasteiger partial charge in [0.2, 0.25) is 10.0 Å². The zero-order valence-electron chi connectivity index (χ0n) is 17.0. The normalized spacial score (nSPS) is 15.2. The van der Waals surface area contributed by atoms with Gasteiger partial charge in [-0.2, -0.15) is 0 Å². The van der Waals surface area contributed by atoms with E-state index in [2.05, 4.69) is 9.71 Å². The van der Waals surface area contributed by atoms with Crippen LogP contribution < -0.4 is 4.72 Å². The standard InChI is InChI=1S/C22H25N3O4S2/c26-20(27)15-25-19-10-5-4-9-18(19)24-22(25)30-14-6-13-23-31(28,29)21(17-11-12-17)16-7-2-1-3-8-16/h1-5,7-10,17,21,23H,6,11-15H2,(H,26,27). The Hall–Kier alpha value is -2.36. The number of hydrogen-bond donors (Lipinski definition) is 2. The van der Waals surface area contributed by atoms with Gasteiger partial charge in [0.1, 0.15) is 11.8 Å². The molecule has 0 saturated heterocycles. The Morgan fingerprint density at radius 3 is 2.58 bits per heavy atom. The number of fused-ring (bicyclic) bond motifs is 1. The lowest BCUT2D eigenvalue weighted by molar-refractivity contribution is -0.137. The van der Waals surface area contributed by atoms with Crippen LogP contribution in [0, 0.1) is 5.92 Å². The van der Waals surface area contributed by atoms with E-state index in [1.54, 1.807) is 4.57 Å².